The standard InChI is InChI=1S/C15H25NO2/c1-4-6-8-9-13-12(3)11-14(17)16(15(13)18)10-7-5-2/h9,12H,4-8,10-11H2,1-3H3/b13-9-. The number of amides is 2. The van der Waals surface area contributed by atoms with Crippen molar-refractivity contribution in [2.45, 2.75) is 59.3 Å². The number of rotatable bonds is 6. The van der Waals surface area contributed by atoms with Crippen molar-refractivity contribution < 1.29 is 9.59 Å². The lowest BCUT2D eigenvalue weighted by Crippen LogP contribution is -2.44. The third-order valence-corrected chi connectivity index (χ3v) is 3.46. The van der Waals surface area contributed by atoms with E-state index in [0.717, 1.165) is 37.7 Å². The van der Waals surface area contributed by atoms with Crippen molar-refractivity contribution >= 4 is 11.8 Å². The third kappa shape index (κ3) is 3.69. The first-order valence-corrected chi connectivity index (χ1v) is 7.16. The van der Waals surface area contributed by atoms with Crippen molar-refractivity contribution in [2.24, 2.45) is 5.92 Å². The van der Waals surface area contributed by atoms with Crippen LogP contribution in [-0.4, -0.2) is 23.3 Å². The monoisotopic (exact) mass is 251 g/mol. The first-order chi connectivity index (χ1) is 8.61. The second-order valence-corrected chi connectivity index (χ2v) is 5.11. The van der Waals surface area contributed by atoms with Gasteiger partial charge in [-0.1, -0.05) is 46.1 Å². The predicted octanol–water partition coefficient (Wildman–Crippen LogP) is 3.30. The minimum Gasteiger partial charge on any atom is -0.279 e. The quantitative estimate of drug-likeness (QED) is 0.412. The topological polar surface area (TPSA) is 37.4 Å². The third-order valence-electron chi connectivity index (χ3n) is 3.46. The maximum atomic E-state index is 12.3. The van der Waals surface area contributed by atoms with Crippen molar-refractivity contribution in [3.8, 4) is 0 Å². The summed E-state index contributed by atoms with van der Waals surface area (Å²) in [6.07, 6.45) is 7.60. The Kier molecular flexibility index (Phi) is 6.10. The van der Waals surface area contributed by atoms with Gasteiger partial charge >= 0.3 is 0 Å². The molecule has 2 amide bonds. The Morgan fingerprint density at radius 2 is 1.89 bits per heavy atom. The fourth-order valence-electron chi connectivity index (χ4n) is 2.25. The molecule has 1 fully saturated rings. The van der Waals surface area contributed by atoms with Crippen molar-refractivity contribution in [3.05, 3.63) is 11.6 Å². The zero-order valence-electron chi connectivity index (χ0n) is 11.9. The van der Waals surface area contributed by atoms with Crippen molar-refractivity contribution in [1.82, 2.24) is 4.90 Å². The number of imide groups is 1. The molecule has 18 heavy (non-hydrogen) atoms. The fraction of sp³-hybridized carbons (Fsp3) is 0.733. The molecule has 0 bridgehead atoms. The van der Waals surface area contributed by atoms with Crippen LogP contribution in [0.2, 0.25) is 0 Å². The van der Waals surface area contributed by atoms with Crippen LogP contribution < -0.4 is 0 Å². The van der Waals surface area contributed by atoms with E-state index >= 15 is 0 Å². The molecule has 1 aliphatic rings. The Morgan fingerprint density at radius 3 is 2.50 bits per heavy atom. The van der Waals surface area contributed by atoms with Gasteiger partial charge in [0.2, 0.25) is 5.91 Å². The van der Waals surface area contributed by atoms with Crippen LogP contribution >= 0.6 is 0 Å². The molecule has 0 N–H and O–H groups in total. The van der Waals surface area contributed by atoms with Crippen LogP contribution in [0.25, 0.3) is 0 Å². The number of allylic oxidation sites excluding steroid dienone is 1. The Balaban J connectivity index is 2.75. The van der Waals surface area contributed by atoms with Crippen molar-refractivity contribution in [2.75, 3.05) is 6.54 Å². The summed E-state index contributed by atoms with van der Waals surface area (Å²) in [5.74, 6) is 0.0247. The van der Waals surface area contributed by atoms with Crippen LogP contribution in [-0.2, 0) is 9.59 Å². The number of hydrogen-bond donors (Lipinski definition) is 0. The van der Waals surface area contributed by atoms with Gasteiger partial charge < -0.3 is 0 Å². The van der Waals surface area contributed by atoms with E-state index in [9.17, 15) is 9.59 Å². The SMILES string of the molecule is CCCC/C=C1\C(=O)N(CCCC)C(=O)CC1C. The molecular formula is C15H25NO2. The van der Waals surface area contributed by atoms with Gasteiger partial charge in [0.1, 0.15) is 0 Å². The number of carbonyl (C=O) groups excluding carboxylic acids is 2. The van der Waals surface area contributed by atoms with Crippen LogP contribution in [0.4, 0.5) is 0 Å². The van der Waals surface area contributed by atoms with E-state index in [1.165, 1.54) is 4.90 Å². The first-order valence-electron chi connectivity index (χ1n) is 7.16. The molecule has 3 nitrogen and oxygen atoms in total. The number of likely N-dealkylation sites (tertiary alicyclic amines) is 1. The molecule has 0 radical (unpaired) electrons. The van der Waals surface area contributed by atoms with Gasteiger partial charge in [-0.3, -0.25) is 14.5 Å². The average Bonchev–Trinajstić information content (AvgIpc) is 2.33. The second kappa shape index (κ2) is 7.34. The van der Waals surface area contributed by atoms with Crippen LogP contribution in [0.1, 0.15) is 59.3 Å². The van der Waals surface area contributed by atoms with E-state index in [-0.39, 0.29) is 17.7 Å². The minimum atomic E-state index is -0.0525. The van der Waals surface area contributed by atoms with Crippen LogP contribution in [0.3, 0.4) is 0 Å². The Bertz CT molecular complexity index is 333. The number of unbranched alkanes of at least 4 members (excludes halogenated alkanes) is 3. The van der Waals surface area contributed by atoms with E-state index in [1.807, 2.05) is 13.0 Å². The van der Waals surface area contributed by atoms with Crippen LogP contribution in [0.15, 0.2) is 11.6 Å². The zero-order valence-corrected chi connectivity index (χ0v) is 11.9. The molecule has 0 spiro atoms. The Morgan fingerprint density at radius 1 is 1.22 bits per heavy atom. The van der Waals surface area contributed by atoms with E-state index in [0.29, 0.717) is 13.0 Å². The summed E-state index contributed by atoms with van der Waals surface area (Å²) >= 11 is 0. The summed E-state index contributed by atoms with van der Waals surface area (Å²) in [5.41, 5.74) is 0.846. The summed E-state index contributed by atoms with van der Waals surface area (Å²) in [6.45, 7) is 6.76. The molecule has 3 heteroatoms. The fourth-order valence-corrected chi connectivity index (χ4v) is 2.25. The lowest BCUT2D eigenvalue weighted by atomic mass is 9.90. The predicted molar refractivity (Wildman–Crippen MR) is 73.0 cm³/mol. The Labute approximate surface area is 110 Å². The number of piperidine rings is 1. The molecule has 0 saturated carbocycles. The lowest BCUT2D eigenvalue weighted by Gasteiger charge is -2.30. The van der Waals surface area contributed by atoms with Gasteiger partial charge in [-0.25, -0.2) is 0 Å². The molecule has 0 aromatic rings. The number of nitrogens with zero attached hydrogens (tertiary/aromatic N) is 1. The maximum absolute atomic E-state index is 12.3. The number of carbonyl (C=O) groups is 2. The molecule has 0 aromatic heterocycles. The molecule has 1 saturated heterocycles. The largest absolute Gasteiger partial charge is 0.279 e. The molecule has 1 atom stereocenters. The summed E-state index contributed by atoms with van der Waals surface area (Å²) in [5, 5.41) is 0. The molecule has 1 heterocycles. The van der Waals surface area contributed by atoms with Crippen molar-refractivity contribution in [1.29, 1.82) is 0 Å². The highest BCUT2D eigenvalue weighted by Gasteiger charge is 2.33. The van der Waals surface area contributed by atoms with Crippen LogP contribution in [0.5, 0.6) is 0 Å². The highest BCUT2D eigenvalue weighted by molar-refractivity contribution is 6.07. The second-order valence-electron chi connectivity index (χ2n) is 5.11. The van der Waals surface area contributed by atoms with Crippen molar-refractivity contribution in [3.63, 3.8) is 0 Å². The summed E-state index contributed by atoms with van der Waals surface area (Å²) in [6, 6.07) is 0. The van der Waals surface area contributed by atoms with Gasteiger partial charge in [-0.05, 0) is 18.8 Å². The highest BCUT2D eigenvalue weighted by atomic mass is 16.2. The average molecular weight is 251 g/mol. The van der Waals surface area contributed by atoms with E-state index in [1.54, 1.807) is 0 Å². The van der Waals surface area contributed by atoms with E-state index in [4.69, 9.17) is 0 Å². The van der Waals surface area contributed by atoms with Gasteiger partial charge in [-0.2, -0.15) is 0 Å². The summed E-state index contributed by atoms with van der Waals surface area (Å²) < 4.78 is 0. The van der Waals surface area contributed by atoms with Crippen LogP contribution in [0, 0.1) is 5.92 Å². The van der Waals surface area contributed by atoms with E-state index in [2.05, 4.69) is 13.8 Å². The molecule has 0 aromatic carbocycles. The Hall–Kier alpha value is -1.12. The van der Waals surface area contributed by atoms with Gasteiger partial charge in [-0.15, -0.1) is 0 Å². The molecular weight excluding hydrogens is 226 g/mol. The maximum Gasteiger partial charge on any atom is 0.256 e. The molecule has 102 valence electrons. The summed E-state index contributed by atoms with van der Waals surface area (Å²) in [4.78, 5) is 25.6. The smallest absolute Gasteiger partial charge is 0.256 e. The summed E-state index contributed by atoms with van der Waals surface area (Å²) in [7, 11) is 0. The van der Waals surface area contributed by atoms with Gasteiger partial charge in [0.25, 0.3) is 5.91 Å². The van der Waals surface area contributed by atoms with E-state index < -0.39 is 0 Å². The number of hydrogen-bond acceptors (Lipinski definition) is 2. The van der Waals surface area contributed by atoms with Gasteiger partial charge in [0.15, 0.2) is 0 Å². The van der Waals surface area contributed by atoms with Gasteiger partial charge in [0, 0.05) is 18.5 Å². The lowest BCUT2D eigenvalue weighted by molar-refractivity contribution is -0.145. The molecule has 1 rings (SSSR count). The molecule has 0 aliphatic carbocycles. The molecule has 1 aliphatic heterocycles. The normalized spacial score (nSPS) is 22.9. The zero-order chi connectivity index (χ0) is 13.5. The highest BCUT2D eigenvalue weighted by Crippen LogP contribution is 2.25. The minimum absolute atomic E-state index is 0.00593. The van der Waals surface area contributed by atoms with Gasteiger partial charge in [0.05, 0.1) is 0 Å². The first kappa shape index (κ1) is 14.9. The molecule has 1 unspecified atom stereocenters.